The van der Waals surface area contributed by atoms with Gasteiger partial charge in [0.2, 0.25) is 0 Å². The van der Waals surface area contributed by atoms with Crippen LogP contribution in [0.4, 0.5) is 5.82 Å². The predicted molar refractivity (Wildman–Crippen MR) is 140 cm³/mol. The molecule has 3 aromatic rings. The maximum Gasteiger partial charge on any atom is 0.341 e. The zero-order valence-corrected chi connectivity index (χ0v) is 26.3. The molecule has 0 aromatic carbocycles. The first-order valence-electron chi connectivity index (χ1n) is 13.2. The number of aromatic nitrogens is 5. The van der Waals surface area contributed by atoms with Crippen molar-refractivity contribution in [3.05, 3.63) is 42.7 Å². The Labute approximate surface area is 267 Å². The Morgan fingerprint density at radius 1 is 0.979 bits per heavy atom. The third-order valence-corrected chi connectivity index (χ3v) is 9.95. The van der Waals surface area contributed by atoms with Crippen molar-refractivity contribution in [1.82, 2.24) is 19.5 Å². The Morgan fingerprint density at radius 3 is 2.25 bits per heavy atom. The zero-order valence-electron chi connectivity index (χ0n) is 23.7. The van der Waals surface area contributed by atoms with Gasteiger partial charge in [0.25, 0.3) is 21.9 Å². The normalized spacial score (nSPS) is 30.3. The summed E-state index contributed by atoms with van der Waals surface area (Å²) in [7, 11) is -17.5. The van der Waals surface area contributed by atoms with E-state index in [1.807, 2.05) is 0 Å². The molecular weight excluding hydrogens is 717 g/mol. The van der Waals surface area contributed by atoms with E-state index in [4.69, 9.17) is 15.2 Å². The molecule has 2 fully saturated rings. The molecule has 0 radical (unpaired) electrons. The number of carbonyl (C=O) groups is 1. The SMILES string of the molecule is Nc1ncnc2c1ncn2C1O[C@H](COP(=O)([O-])OP(=O)([O-])OC[C@H]2OC([n+]3cccc(C(=O)O)c3)C(OP(=O)([O-])[O-])[C@H]2O)[C@H](O)C1O. The molecule has 264 valence electrons. The molecule has 0 amide bonds. The van der Waals surface area contributed by atoms with Gasteiger partial charge < -0.3 is 73.3 Å². The van der Waals surface area contributed by atoms with Crippen molar-refractivity contribution in [2.24, 2.45) is 0 Å². The summed E-state index contributed by atoms with van der Waals surface area (Å²) in [4.78, 5) is 70.4. The van der Waals surface area contributed by atoms with Gasteiger partial charge in [-0.25, -0.2) is 24.1 Å². The molecule has 5 heterocycles. The van der Waals surface area contributed by atoms with E-state index in [2.05, 4.69) is 32.8 Å². The Balaban J connectivity index is 1.20. The number of anilines is 1. The van der Waals surface area contributed by atoms with Gasteiger partial charge in [-0.3, -0.25) is 13.7 Å². The molecule has 48 heavy (non-hydrogen) atoms. The molecule has 2 saturated heterocycles. The van der Waals surface area contributed by atoms with E-state index in [-0.39, 0.29) is 22.5 Å². The number of phosphoric acid groups is 3. The first-order chi connectivity index (χ1) is 22.4. The number of nitrogen functional groups attached to an aromatic ring is 1. The summed E-state index contributed by atoms with van der Waals surface area (Å²) in [6.07, 6.45) is -9.68. The number of nitrogens with two attached hydrogens (primary N) is 1. The number of rotatable bonds is 13. The Morgan fingerprint density at radius 2 is 1.62 bits per heavy atom. The summed E-state index contributed by atoms with van der Waals surface area (Å²) < 4.78 is 66.3. The second kappa shape index (κ2) is 13.8. The number of carboxylic acid groups (broad SMARTS) is 1. The lowest BCUT2D eigenvalue weighted by atomic mass is 10.1. The molecule has 10 atom stereocenters. The lowest BCUT2D eigenvalue weighted by Gasteiger charge is -2.33. The highest BCUT2D eigenvalue weighted by Gasteiger charge is 2.51. The van der Waals surface area contributed by atoms with Crippen LogP contribution in [0.2, 0.25) is 0 Å². The molecule has 3 aromatic heterocycles. The maximum absolute atomic E-state index is 12.4. The first kappa shape index (κ1) is 36.4. The standard InChI is InChI=1S/C21H27N6O18P3/c22-17-12-18(24-7-23-17)27(8-25-12)19-15(30)13(28)10(42-19)5-40-47(36,37)45-48(38,39)41-6-11-14(29)16(44-46(33,34)35)20(43-11)26-3-1-2-9(4-26)21(31)32/h1-4,7-8,10-11,13-16,19-20,28-30H,5-6H2,(H6-,22,23,24,31,32,33,34,35,36,37,38,39)/p-3/t10-,11-,13+,14+,15?,16?,19?,20?/m1/s1. The van der Waals surface area contributed by atoms with Crippen LogP contribution in [0.1, 0.15) is 22.8 Å². The summed E-state index contributed by atoms with van der Waals surface area (Å²) >= 11 is 0. The van der Waals surface area contributed by atoms with Crippen LogP contribution in [0.3, 0.4) is 0 Å². The fraction of sp³-hybridized carbons (Fsp3) is 0.476. The fourth-order valence-electron chi connectivity index (χ4n) is 4.79. The minimum absolute atomic E-state index is 0.00231. The molecule has 0 spiro atoms. The molecule has 0 bridgehead atoms. The highest BCUT2D eigenvalue weighted by atomic mass is 31.3. The van der Waals surface area contributed by atoms with Crippen LogP contribution in [0, 0.1) is 0 Å². The van der Waals surface area contributed by atoms with Crippen molar-refractivity contribution in [3.63, 3.8) is 0 Å². The summed E-state index contributed by atoms with van der Waals surface area (Å²) in [5.41, 5.74) is 5.64. The smallest absolute Gasteiger partial charge is 0.341 e. The number of ether oxygens (including phenoxy) is 2. The number of aliphatic hydroxyl groups excluding tert-OH is 3. The van der Waals surface area contributed by atoms with Crippen LogP contribution in [0.5, 0.6) is 0 Å². The molecule has 24 nitrogen and oxygen atoms in total. The Bertz CT molecular complexity index is 1810. The average molecular weight is 741 g/mol. The highest BCUT2D eigenvalue weighted by Crippen LogP contribution is 2.56. The van der Waals surface area contributed by atoms with E-state index in [1.165, 1.54) is 17.0 Å². The first-order valence-corrected chi connectivity index (χ1v) is 17.6. The number of hydrogen-bond donors (Lipinski definition) is 5. The number of nitrogens with zero attached hydrogens (tertiary/aromatic N) is 5. The molecular formula is C21H24N6O18P3-3. The van der Waals surface area contributed by atoms with E-state index in [9.17, 15) is 58.5 Å². The van der Waals surface area contributed by atoms with E-state index >= 15 is 0 Å². The van der Waals surface area contributed by atoms with E-state index < -0.39 is 91.7 Å². The van der Waals surface area contributed by atoms with Gasteiger partial charge >= 0.3 is 5.97 Å². The molecule has 5 rings (SSSR count). The molecule has 2 aliphatic heterocycles. The summed E-state index contributed by atoms with van der Waals surface area (Å²) in [6, 6.07) is 2.34. The topological polar surface area (TPSA) is 370 Å². The van der Waals surface area contributed by atoms with Gasteiger partial charge in [0.1, 0.15) is 47.9 Å². The number of aromatic carboxylic acids is 1. The second-order valence-electron chi connectivity index (χ2n) is 10.1. The third-order valence-electron chi connectivity index (χ3n) is 6.92. The molecule has 27 heteroatoms. The van der Waals surface area contributed by atoms with Gasteiger partial charge in [0, 0.05) is 6.07 Å². The Kier molecular flexibility index (Phi) is 10.5. The summed E-state index contributed by atoms with van der Waals surface area (Å²) in [5, 5.41) is 40.6. The molecule has 6 unspecified atom stereocenters. The number of pyridine rings is 1. The van der Waals surface area contributed by atoms with E-state index in [0.717, 1.165) is 29.4 Å². The van der Waals surface area contributed by atoms with Crippen LogP contribution in [-0.2, 0) is 41.1 Å². The number of aliphatic hydroxyl groups is 3. The van der Waals surface area contributed by atoms with Crippen LogP contribution in [0.15, 0.2) is 37.2 Å². The van der Waals surface area contributed by atoms with Crippen molar-refractivity contribution in [1.29, 1.82) is 0 Å². The fourth-order valence-corrected chi connectivity index (χ4v) is 7.33. The monoisotopic (exact) mass is 741 g/mol. The highest BCUT2D eigenvalue weighted by molar-refractivity contribution is 7.59. The summed E-state index contributed by atoms with van der Waals surface area (Å²) in [5.74, 6) is -1.41. The minimum Gasteiger partial charge on any atom is -0.790 e. The number of fused-ring (bicyclic) bond motifs is 1. The quantitative estimate of drug-likeness (QED) is 0.0810. The maximum atomic E-state index is 12.4. The van der Waals surface area contributed by atoms with Crippen LogP contribution in [0.25, 0.3) is 11.2 Å². The van der Waals surface area contributed by atoms with Crippen LogP contribution in [-0.4, -0.2) is 95.8 Å². The predicted octanol–water partition coefficient (Wildman–Crippen LogP) is -4.83. The van der Waals surface area contributed by atoms with Gasteiger partial charge in [0.05, 0.1) is 27.4 Å². The number of hydrogen-bond acceptors (Lipinski definition) is 21. The van der Waals surface area contributed by atoms with Gasteiger partial charge in [-0.2, -0.15) is 4.57 Å². The lowest BCUT2D eigenvalue weighted by molar-refractivity contribution is -0.765. The van der Waals surface area contributed by atoms with Crippen LogP contribution >= 0.6 is 23.5 Å². The average Bonchev–Trinajstić information content (AvgIpc) is 3.64. The van der Waals surface area contributed by atoms with Crippen LogP contribution < -0.4 is 29.9 Å². The number of imidazole rings is 1. The van der Waals surface area contributed by atoms with Gasteiger partial charge in [-0.05, 0) is 6.07 Å². The van der Waals surface area contributed by atoms with Crippen molar-refractivity contribution in [2.45, 2.75) is 49.1 Å². The molecule has 6 N–H and O–H groups in total. The Hall–Kier alpha value is -2.86. The second-order valence-corrected chi connectivity index (χ2v) is 14.2. The van der Waals surface area contributed by atoms with Gasteiger partial charge in [0.15, 0.2) is 36.2 Å². The van der Waals surface area contributed by atoms with Crippen molar-refractivity contribution >= 4 is 46.4 Å². The van der Waals surface area contributed by atoms with Crippen molar-refractivity contribution in [2.75, 3.05) is 18.9 Å². The number of carboxylic acids is 1. The third kappa shape index (κ3) is 8.12. The van der Waals surface area contributed by atoms with Gasteiger partial charge in [-0.15, -0.1) is 0 Å². The zero-order chi connectivity index (χ0) is 35.2. The minimum atomic E-state index is -5.88. The largest absolute Gasteiger partial charge is 0.790 e. The number of phosphoric ester groups is 3. The molecule has 2 aliphatic rings. The van der Waals surface area contributed by atoms with Crippen molar-refractivity contribution in [3.8, 4) is 0 Å². The van der Waals surface area contributed by atoms with E-state index in [1.54, 1.807) is 0 Å². The van der Waals surface area contributed by atoms with Gasteiger partial charge in [-0.1, -0.05) is 0 Å². The van der Waals surface area contributed by atoms with E-state index in [0.29, 0.717) is 0 Å². The van der Waals surface area contributed by atoms with Crippen molar-refractivity contribution < 1.29 is 90.4 Å². The molecule has 0 aliphatic carbocycles. The molecule has 0 saturated carbocycles. The summed E-state index contributed by atoms with van der Waals surface area (Å²) in [6.45, 7) is -2.30. The lowest BCUT2D eigenvalue weighted by Crippen LogP contribution is -2.48.